The van der Waals surface area contributed by atoms with E-state index < -0.39 is 0 Å². The number of hydrogen-bond donors (Lipinski definition) is 1. The third-order valence-electron chi connectivity index (χ3n) is 3.10. The molecule has 0 aromatic heterocycles. The SMILES string of the molecule is C[C@]12CC[C@H](O1)[C@](C)(CO)CO2. The van der Waals surface area contributed by atoms with Crippen LogP contribution in [0.3, 0.4) is 0 Å². The highest BCUT2D eigenvalue weighted by Crippen LogP contribution is 2.45. The van der Waals surface area contributed by atoms with Crippen LogP contribution >= 0.6 is 0 Å². The maximum Gasteiger partial charge on any atom is 0.166 e. The maximum absolute atomic E-state index is 9.19. The van der Waals surface area contributed by atoms with Crippen molar-refractivity contribution < 1.29 is 14.6 Å². The Morgan fingerprint density at radius 1 is 1.50 bits per heavy atom. The molecule has 12 heavy (non-hydrogen) atoms. The van der Waals surface area contributed by atoms with E-state index in [1.807, 2.05) is 13.8 Å². The van der Waals surface area contributed by atoms with Crippen LogP contribution < -0.4 is 0 Å². The van der Waals surface area contributed by atoms with Gasteiger partial charge in [0.05, 0.1) is 19.3 Å². The van der Waals surface area contributed by atoms with E-state index in [0.717, 1.165) is 12.8 Å². The second-order valence-corrected chi connectivity index (χ2v) is 4.38. The Balaban J connectivity index is 2.16. The predicted molar refractivity (Wildman–Crippen MR) is 43.7 cm³/mol. The Hall–Kier alpha value is -0.120. The quantitative estimate of drug-likeness (QED) is 0.639. The van der Waals surface area contributed by atoms with Crippen LogP contribution in [0.5, 0.6) is 0 Å². The van der Waals surface area contributed by atoms with Gasteiger partial charge in [0.2, 0.25) is 0 Å². The third kappa shape index (κ3) is 1.08. The summed E-state index contributed by atoms with van der Waals surface area (Å²) in [5.74, 6) is -0.362. The molecule has 1 N–H and O–H groups in total. The van der Waals surface area contributed by atoms with Crippen LogP contribution in [-0.2, 0) is 9.47 Å². The largest absolute Gasteiger partial charge is 0.396 e. The first-order valence-corrected chi connectivity index (χ1v) is 4.51. The Bertz CT molecular complexity index is 194. The van der Waals surface area contributed by atoms with Gasteiger partial charge in [0.1, 0.15) is 0 Å². The molecule has 2 saturated heterocycles. The Labute approximate surface area is 72.7 Å². The van der Waals surface area contributed by atoms with Gasteiger partial charge in [0, 0.05) is 11.8 Å². The van der Waals surface area contributed by atoms with E-state index in [0.29, 0.717) is 6.61 Å². The molecule has 0 unspecified atom stereocenters. The second-order valence-electron chi connectivity index (χ2n) is 4.38. The van der Waals surface area contributed by atoms with Crippen molar-refractivity contribution >= 4 is 0 Å². The molecular formula is C9H16O3. The van der Waals surface area contributed by atoms with E-state index >= 15 is 0 Å². The van der Waals surface area contributed by atoms with Gasteiger partial charge < -0.3 is 14.6 Å². The van der Waals surface area contributed by atoms with Crippen molar-refractivity contribution in [2.75, 3.05) is 13.2 Å². The lowest BCUT2D eigenvalue weighted by Gasteiger charge is -2.41. The van der Waals surface area contributed by atoms with Crippen molar-refractivity contribution in [1.82, 2.24) is 0 Å². The standard InChI is InChI=1S/C9H16O3/c1-8(5-10)6-11-9(2)4-3-7(8)12-9/h7,10H,3-6H2,1-2H3/t7-,8+,9+/m0/s1. The average molecular weight is 172 g/mol. The predicted octanol–water partition coefficient (Wildman–Crippen LogP) is 0.910. The monoisotopic (exact) mass is 172 g/mol. The first-order chi connectivity index (χ1) is 5.58. The average Bonchev–Trinajstić information content (AvgIpc) is 2.40. The van der Waals surface area contributed by atoms with Gasteiger partial charge in [-0.2, -0.15) is 0 Å². The topological polar surface area (TPSA) is 38.7 Å². The molecule has 0 spiro atoms. The molecule has 0 aliphatic carbocycles. The lowest BCUT2D eigenvalue weighted by atomic mass is 9.85. The normalized spacial score (nSPS) is 52.8. The van der Waals surface area contributed by atoms with Crippen LogP contribution in [0.25, 0.3) is 0 Å². The van der Waals surface area contributed by atoms with Crippen molar-refractivity contribution in [3.63, 3.8) is 0 Å². The summed E-state index contributed by atoms with van der Waals surface area (Å²) in [5, 5.41) is 9.19. The van der Waals surface area contributed by atoms with Gasteiger partial charge >= 0.3 is 0 Å². The number of aliphatic hydroxyl groups excluding tert-OH is 1. The highest BCUT2D eigenvalue weighted by molar-refractivity contribution is 4.94. The molecular weight excluding hydrogens is 156 g/mol. The van der Waals surface area contributed by atoms with E-state index in [1.54, 1.807) is 0 Å². The lowest BCUT2D eigenvalue weighted by molar-refractivity contribution is -0.293. The van der Waals surface area contributed by atoms with E-state index in [-0.39, 0.29) is 23.9 Å². The number of hydrogen-bond acceptors (Lipinski definition) is 3. The smallest absolute Gasteiger partial charge is 0.166 e. The van der Waals surface area contributed by atoms with Crippen LogP contribution in [0, 0.1) is 5.41 Å². The van der Waals surface area contributed by atoms with E-state index in [1.165, 1.54) is 0 Å². The third-order valence-corrected chi connectivity index (χ3v) is 3.10. The van der Waals surface area contributed by atoms with Crippen molar-refractivity contribution in [1.29, 1.82) is 0 Å². The number of aliphatic hydroxyl groups is 1. The summed E-state index contributed by atoms with van der Waals surface area (Å²) in [6, 6.07) is 0. The fraction of sp³-hybridized carbons (Fsp3) is 1.00. The van der Waals surface area contributed by atoms with Gasteiger partial charge in [-0.1, -0.05) is 6.92 Å². The molecule has 70 valence electrons. The molecule has 0 amide bonds. The van der Waals surface area contributed by atoms with Crippen molar-refractivity contribution in [2.45, 2.75) is 38.6 Å². The van der Waals surface area contributed by atoms with Crippen molar-refractivity contribution in [2.24, 2.45) is 5.41 Å². The molecule has 0 saturated carbocycles. The fourth-order valence-corrected chi connectivity index (χ4v) is 1.97. The van der Waals surface area contributed by atoms with E-state index in [9.17, 15) is 5.11 Å². The van der Waals surface area contributed by atoms with Gasteiger partial charge in [-0.15, -0.1) is 0 Å². The number of ether oxygens (including phenoxy) is 2. The molecule has 2 aliphatic rings. The number of fused-ring (bicyclic) bond motifs is 2. The molecule has 3 nitrogen and oxygen atoms in total. The van der Waals surface area contributed by atoms with Crippen molar-refractivity contribution in [3.05, 3.63) is 0 Å². The minimum atomic E-state index is -0.362. The molecule has 3 atom stereocenters. The van der Waals surface area contributed by atoms with Crippen LogP contribution in [0.2, 0.25) is 0 Å². The Morgan fingerprint density at radius 3 is 2.92 bits per heavy atom. The van der Waals surface area contributed by atoms with Gasteiger partial charge in [-0.25, -0.2) is 0 Å². The second kappa shape index (κ2) is 2.44. The highest BCUT2D eigenvalue weighted by atomic mass is 16.7. The molecule has 0 aromatic carbocycles. The highest BCUT2D eigenvalue weighted by Gasteiger charge is 2.51. The summed E-state index contributed by atoms with van der Waals surface area (Å²) in [4.78, 5) is 0. The van der Waals surface area contributed by atoms with Gasteiger partial charge in [0.15, 0.2) is 5.79 Å². The molecule has 0 radical (unpaired) electrons. The Kier molecular flexibility index (Phi) is 1.72. The zero-order valence-corrected chi connectivity index (χ0v) is 7.67. The van der Waals surface area contributed by atoms with Crippen LogP contribution in [0.15, 0.2) is 0 Å². The molecule has 2 heterocycles. The van der Waals surface area contributed by atoms with Crippen molar-refractivity contribution in [3.8, 4) is 0 Å². The van der Waals surface area contributed by atoms with Crippen LogP contribution in [0.1, 0.15) is 26.7 Å². The Morgan fingerprint density at radius 2 is 2.25 bits per heavy atom. The van der Waals surface area contributed by atoms with E-state index in [2.05, 4.69) is 0 Å². The molecule has 2 aliphatic heterocycles. The zero-order valence-electron chi connectivity index (χ0n) is 7.67. The molecule has 2 bridgehead atoms. The van der Waals surface area contributed by atoms with Crippen LogP contribution in [0.4, 0.5) is 0 Å². The molecule has 0 aromatic rings. The summed E-state index contributed by atoms with van der Waals surface area (Å²) in [7, 11) is 0. The first-order valence-electron chi connectivity index (χ1n) is 4.51. The summed E-state index contributed by atoms with van der Waals surface area (Å²) in [6.45, 7) is 4.75. The minimum Gasteiger partial charge on any atom is -0.396 e. The summed E-state index contributed by atoms with van der Waals surface area (Å²) in [5.41, 5.74) is -0.185. The molecule has 2 rings (SSSR count). The summed E-state index contributed by atoms with van der Waals surface area (Å²) in [6.07, 6.45) is 2.14. The lowest BCUT2D eigenvalue weighted by Crippen LogP contribution is -2.48. The van der Waals surface area contributed by atoms with Gasteiger partial charge in [0.25, 0.3) is 0 Å². The van der Waals surface area contributed by atoms with Gasteiger partial charge in [-0.3, -0.25) is 0 Å². The summed E-state index contributed by atoms with van der Waals surface area (Å²) < 4.78 is 11.3. The molecule has 2 fully saturated rings. The summed E-state index contributed by atoms with van der Waals surface area (Å²) >= 11 is 0. The first kappa shape index (κ1) is 8.48. The van der Waals surface area contributed by atoms with Crippen LogP contribution in [-0.4, -0.2) is 30.2 Å². The minimum absolute atomic E-state index is 0.147. The number of rotatable bonds is 1. The maximum atomic E-state index is 9.19. The van der Waals surface area contributed by atoms with Gasteiger partial charge in [-0.05, 0) is 13.3 Å². The molecule has 3 heteroatoms. The van der Waals surface area contributed by atoms with E-state index in [4.69, 9.17) is 9.47 Å². The zero-order chi connectivity index (χ0) is 8.82. The fourth-order valence-electron chi connectivity index (χ4n) is 1.97.